The predicted molar refractivity (Wildman–Crippen MR) is 82.7 cm³/mol. The number of ether oxygens (including phenoxy) is 1. The molecule has 0 amide bonds. The molecule has 0 radical (unpaired) electrons. The molecule has 0 saturated heterocycles. The molecule has 0 aliphatic heterocycles. The van der Waals surface area contributed by atoms with E-state index in [1.54, 1.807) is 19.3 Å². The van der Waals surface area contributed by atoms with Crippen LogP contribution in [-0.4, -0.2) is 37.7 Å². The second-order valence-corrected chi connectivity index (χ2v) is 4.60. The van der Waals surface area contributed by atoms with E-state index < -0.39 is 0 Å². The molecule has 118 valence electrons. The van der Waals surface area contributed by atoms with Gasteiger partial charge in [-0.2, -0.15) is 0 Å². The molecular formula is C15H25FN4O. The van der Waals surface area contributed by atoms with Crippen molar-refractivity contribution in [3.8, 4) is 0 Å². The highest BCUT2D eigenvalue weighted by molar-refractivity contribution is 5.79. The van der Waals surface area contributed by atoms with E-state index in [-0.39, 0.29) is 5.82 Å². The summed E-state index contributed by atoms with van der Waals surface area (Å²) >= 11 is 0. The Hall–Kier alpha value is -1.69. The van der Waals surface area contributed by atoms with Gasteiger partial charge in [-0.15, -0.1) is 0 Å². The Kier molecular flexibility index (Phi) is 9.11. The van der Waals surface area contributed by atoms with E-state index in [9.17, 15) is 4.39 Å². The maximum atomic E-state index is 13.4. The highest BCUT2D eigenvalue weighted by atomic mass is 19.1. The highest BCUT2D eigenvalue weighted by Gasteiger charge is 2.03. The average molecular weight is 296 g/mol. The zero-order valence-electron chi connectivity index (χ0n) is 12.9. The van der Waals surface area contributed by atoms with Crippen LogP contribution in [0.4, 0.5) is 4.39 Å². The van der Waals surface area contributed by atoms with Gasteiger partial charge >= 0.3 is 0 Å². The van der Waals surface area contributed by atoms with Crippen molar-refractivity contribution in [1.82, 2.24) is 15.6 Å². The van der Waals surface area contributed by atoms with Crippen molar-refractivity contribution in [2.45, 2.75) is 32.7 Å². The van der Waals surface area contributed by atoms with Crippen LogP contribution >= 0.6 is 0 Å². The minimum atomic E-state index is -0.315. The maximum absolute atomic E-state index is 13.4. The van der Waals surface area contributed by atoms with Gasteiger partial charge in [0, 0.05) is 33.0 Å². The number of nitrogens with zero attached hydrogens (tertiary/aromatic N) is 2. The van der Waals surface area contributed by atoms with Gasteiger partial charge in [-0.1, -0.05) is 13.3 Å². The van der Waals surface area contributed by atoms with Crippen molar-refractivity contribution in [3.05, 3.63) is 29.8 Å². The van der Waals surface area contributed by atoms with Crippen LogP contribution in [0.5, 0.6) is 0 Å². The van der Waals surface area contributed by atoms with Gasteiger partial charge in [-0.25, -0.2) is 4.39 Å². The lowest BCUT2D eigenvalue weighted by molar-refractivity contribution is 0.129. The molecule has 1 aromatic rings. The summed E-state index contributed by atoms with van der Waals surface area (Å²) in [6.45, 7) is 4.77. The van der Waals surface area contributed by atoms with Gasteiger partial charge in [0.1, 0.15) is 5.82 Å². The van der Waals surface area contributed by atoms with Crippen LogP contribution in [-0.2, 0) is 11.3 Å². The molecule has 0 saturated carbocycles. The Morgan fingerprint density at radius 2 is 2.14 bits per heavy atom. The summed E-state index contributed by atoms with van der Waals surface area (Å²) in [4.78, 5) is 8.07. The second kappa shape index (κ2) is 11.0. The Bertz CT molecular complexity index is 426. The fourth-order valence-electron chi connectivity index (χ4n) is 1.67. The number of aromatic nitrogens is 1. The smallest absolute Gasteiger partial charge is 0.191 e. The van der Waals surface area contributed by atoms with E-state index in [0.717, 1.165) is 39.0 Å². The molecule has 0 bridgehead atoms. The van der Waals surface area contributed by atoms with Crippen LogP contribution in [0.1, 0.15) is 31.9 Å². The summed E-state index contributed by atoms with van der Waals surface area (Å²) in [6.07, 6.45) is 4.73. The van der Waals surface area contributed by atoms with Crippen LogP contribution in [0.3, 0.4) is 0 Å². The Labute approximate surface area is 126 Å². The molecular weight excluding hydrogens is 271 g/mol. The van der Waals surface area contributed by atoms with Crippen LogP contribution in [0.2, 0.25) is 0 Å². The van der Waals surface area contributed by atoms with E-state index in [4.69, 9.17) is 4.74 Å². The number of nitrogens with one attached hydrogen (secondary N) is 2. The second-order valence-electron chi connectivity index (χ2n) is 4.60. The van der Waals surface area contributed by atoms with E-state index in [1.165, 1.54) is 6.07 Å². The van der Waals surface area contributed by atoms with Gasteiger partial charge in [0.2, 0.25) is 0 Å². The fraction of sp³-hybridized carbons (Fsp3) is 0.600. The summed E-state index contributed by atoms with van der Waals surface area (Å²) in [6, 6.07) is 2.97. The summed E-state index contributed by atoms with van der Waals surface area (Å²) in [5, 5.41) is 6.19. The van der Waals surface area contributed by atoms with Crippen molar-refractivity contribution in [2.75, 3.05) is 26.8 Å². The summed E-state index contributed by atoms with van der Waals surface area (Å²) in [7, 11) is 1.68. The highest BCUT2D eigenvalue weighted by Crippen LogP contribution is 2.01. The third-order valence-electron chi connectivity index (χ3n) is 2.88. The molecule has 0 aliphatic rings. The van der Waals surface area contributed by atoms with Crippen molar-refractivity contribution in [2.24, 2.45) is 4.99 Å². The normalized spacial score (nSPS) is 11.5. The first-order valence-electron chi connectivity index (χ1n) is 7.39. The summed E-state index contributed by atoms with van der Waals surface area (Å²) in [5.41, 5.74) is 0.378. The Morgan fingerprint density at radius 3 is 2.86 bits per heavy atom. The first-order valence-corrected chi connectivity index (χ1v) is 7.39. The third kappa shape index (κ3) is 7.60. The van der Waals surface area contributed by atoms with Gasteiger partial charge < -0.3 is 15.4 Å². The SMILES string of the molecule is CCCCOCCCNC(=NC)NCc1ncccc1F. The Morgan fingerprint density at radius 1 is 1.33 bits per heavy atom. The number of aliphatic imine (C=N–C) groups is 1. The number of rotatable bonds is 9. The lowest BCUT2D eigenvalue weighted by Crippen LogP contribution is -2.37. The first-order chi connectivity index (χ1) is 10.3. The van der Waals surface area contributed by atoms with Crippen LogP contribution < -0.4 is 10.6 Å². The van der Waals surface area contributed by atoms with Crippen molar-refractivity contribution in [1.29, 1.82) is 0 Å². The molecule has 1 aromatic heterocycles. The summed E-state index contributed by atoms with van der Waals surface area (Å²) in [5.74, 6) is 0.318. The monoisotopic (exact) mass is 296 g/mol. The average Bonchev–Trinajstić information content (AvgIpc) is 2.51. The van der Waals surface area contributed by atoms with Crippen LogP contribution in [0, 0.1) is 5.82 Å². The minimum absolute atomic E-state index is 0.305. The van der Waals surface area contributed by atoms with E-state index in [2.05, 4.69) is 27.5 Å². The number of hydrogen-bond acceptors (Lipinski definition) is 3. The maximum Gasteiger partial charge on any atom is 0.191 e. The van der Waals surface area contributed by atoms with Crippen molar-refractivity contribution < 1.29 is 9.13 Å². The molecule has 0 aromatic carbocycles. The zero-order valence-corrected chi connectivity index (χ0v) is 12.9. The quantitative estimate of drug-likeness (QED) is 0.416. The van der Waals surface area contributed by atoms with E-state index in [1.807, 2.05) is 0 Å². The predicted octanol–water partition coefficient (Wildman–Crippen LogP) is 2.09. The van der Waals surface area contributed by atoms with E-state index >= 15 is 0 Å². The molecule has 0 unspecified atom stereocenters. The number of unbranched alkanes of at least 4 members (excludes halogenated alkanes) is 1. The molecule has 2 N–H and O–H groups in total. The van der Waals surface area contributed by atoms with Gasteiger partial charge in [0.05, 0.1) is 12.2 Å². The van der Waals surface area contributed by atoms with Gasteiger partial charge in [0.15, 0.2) is 5.96 Å². The third-order valence-corrected chi connectivity index (χ3v) is 2.88. The van der Waals surface area contributed by atoms with Crippen molar-refractivity contribution in [3.63, 3.8) is 0 Å². The minimum Gasteiger partial charge on any atom is -0.381 e. The zero-order chi connectivity index (χ0) is 15.3. The van der Waals surface area contributed by atoms with Gasteiger partial charge in [0.25, 0.3) is 0 Å². The largest absolute Gasteiger partial charge is 0.381 e. The topological polar surface area (TPSA) is 58.5 Å². The number of guanidine groups is 1. The molecule has 0 atom stereocenters. The van der Waals surface area contributed by atoms with Crippen LogP contribution in [0.25, 0.3) is 0 Å². The lowest BCUT2D eigenvalue weighted by atomic mass is 10.3. The van der Waals surface area contributed by atoms with Crippen LogP contribution in [0.15, 0.2) is 23.3 Å². The molecule has 21 heavy (non-hydrogen) atoms. The molecule has 5 nitrogen and oxygen atoms in total. The fourth-order valence-corrected chi connectivity index (χ4v) is 1.67. The van der Waals surface area contributed by atoms with E-state index in [0.29, 0.717) is 18.2 Å². The van der Waals surface area contributed by atoms with Gasteiger partial charge in [-0.3, -0.25) is 9.98 Å². The standard InChI is InChI=1S/C15H25FN4O/c1-3-4-10-21-11-6-9-19-15(17-2)20-12-14-13(16)7-5-8-18-14/h5,7-8H,3-4,6,9-12H2,1-2H3,(H2,17,19,20). The summed E-state index contributed by atoms with van der Waals surface area (Å²) < 4.78 is 18.9. The molecule has 0 aliphatic carbocycles. The molecule has 0 spiro atoms. The number of hydrogen-bond donors (Lipinski definition) is 2. The first kappa shape index (κ1) is 17.4. The van der Waals surface area contributed by atoms with Gasteiger partial charge in [-0.05, 0) is 25.0 Å². The molecule has 1 heterocycles. The molecule has 0 fully saturated rings. The molecule has 1 rings (SSSR count). The number of halogens is 1. The molecule has 6 heteroatoms. The number of pyridine rings is 1. The lowest BCUT2D eigenvalue weighted by Gasteiger charge is -2.12. The van der Waals surface area contributed by atoms with Crippen molar-refractivity contribution >= 4 is 5.96 Å². The Balaban J connectivity index is 2.16.